The van der Waals surface area contributed by atoms with Crippen LogP contribution >= 0.6 is 0 Å². The number of nitrogens with zero attached hydrogens (tertiary/aromatic N) is 2. The van der Waals surface area contributed by atoms with Gasteiger partial charge in [-0.25, -0.2) is 0 Å². The Morgan fingerprint density at radius 2 is 1.97 bits per heavy atom. The topological polar surface area (TPSA) is 129 Å². The first-order valence-corrected chi connectivity index (χ1v) is 12.4. The molecule has 0 saturated carbocycles. The van der Waals surface area contributed by atoms with Crippen LogP contribution in [0, 0.1) is 6.92 Å². The summed E-state index contributed by atoms with van der Waals surface area (Å²) in [6.45, 7) is 3.82. The smallest absolute Gasteiger partial charge is 0.254 e. The molecule has 3 heterocycles. The number of nitrogens with one attached hydrogen (secondary N) is 3. The zero-order chi connectivity index (χ0) is 25.9. The van der Waals surface area contributed by atoms with Gasteiger partial charge in [-0.3, -0.25) is 20.4 Å². The summed E-state index contributed by atoms with van der Waals surface area (Å²) in [5, 5.41) is 17.1. The minimum absolute atomic E-state index is 0.190. The van der Waals surface area contributed by atoms with E-state index in [0.29, 0.717) is 29.1 Å². The van der Waals surface area contributed by atoms with Crippen molar-refractivity contribution < 1.29 is 24.0 Å². The average molecular weight is 506 g/mol. The number of hydrogen-bond donors (Lipinski definition) is 4. The molecule has 0 spiro atoms. The van der Waals surface area contributed by atoms with Crippen molar-refractivity contribution in [3.8, 4) is 5.75 Å². The van der Waals surface area contributed by atoms with Crippen LogP contribution in [0.25, 0.3) is 0 Å². The average Bonchev–Trinajstić information content (AvgIpc) is 3.68. The van der Waals surface area contributed by atoms with Crippen molar-refractivity contribution in [3.05, 3.63) is 82.2 Å². The Morgan fingerprint density at radius 1 is 1.16 bits per heavy atom. The zero-order valence-corrected chi connectivity index (χ0v) is 20.9. The van der Waals surface area contributed by atoms with Crippen molar-refractivity contribution >= 4 is 11.8 Å². The van der Waals surface area contributed by atoms with Gasteiger partial charge in [-0.2, -0.15) is 0 Å². The highest BCUT2D eigenvalue weighted by Crippen LogP contribution is 2.35. The molecule has 2 saturated heterocycles. The molecule has 0 aliphatic carbocycles. The number of likely N-dealkylation sites (tertiary alicyclic amines) is 1. The Kier molecular flexibility index (Phi) is 7.22. The number of methoxy groups -OCH3 is 1. The number of benzene rings is 2. The molecule has 0 radical (unpaired) electrons. The maximum atomic E-state index is 13.6. The van der Waals surface area contributed by atoms with Crippen molar-refractivity contribution in [1.29, 1.82) is 0 Å². The number of aliphatic hydroxyl groups excluding tert-OH is 1. The molecule has 4 N–H and O–H groups in total. The number of aryl methyl sites for hydroxylation is 1. The Labute approximate surface area is 214 Å². The third-order valence-electron chi connectivity index (χ3n) is 6.92. The molecule has 2 aliphatic heterocycles. The van der Waals surface area contributed by atoms with Crippen LogP contribution in [0.1, 0.15) is 61.7 Å². The van der Waals surface area contributed by atoms with E-state index in [-0.39, 0.29) is 36.9 Å². The first-order chi connectivity index (χ1) is 17.9. The van der Waals surface area contributed by atoms with Crippen molar-refractivity contribution in [2.75, 3.05) is 26.7 Å². The lowest BCUT2D eigenvalue weighted by Gasteiger charge is -2.26. The number of carbonyl (C=O) groups is 2. The Morgan fingerprint density at radius 3 is 2.70 bits per heavy atom. The fourth-order valence-electron chi connectivity index (χ4n) is 5.04. The predicted octanol–water partition coefficient (Wildman–Crippen LogP) is 2.06. The van der Waals surface area contributed by atoms with Gasteiger partial charge in [0.2, 0.25) is 0 Å². The first kappa shape index (κ1) is 24.9. The summed E-state index contributed by atoms with van der Waals surface area (Å²) >= 11 is 0. The van der Waals surface area contributed by atoms with Crippen molar-refractivity contribution in [2.24, 2.45) is 0 Å². The number of aromatic nitrogens is 1. The highest BCUT2D eigenvalue weighted by molar-refractivity contribution is 5.96. The van der Waals surface area contributed by atoms with E-state index < -0.39 is 6.10 Å². The molecule has 5 rings (SSSR count). The molecule has 2 amide bonds. The molecular formula is C27H31N5O5. The maximum absolute atomic E-state index is 13.6. The molecule has 194 valence electrons. The number of amides is 2. The summed E-state index contributed by atoms with van der Waals surface area (Å²) in [6.07, 6.45) is -0.263. The molecular weight excluding hydrogens is 474 g/mol. The van der Waals surface area contributed by atoms with Crippen LogP contribution in [-0.2, 0) is 6.54 Å². The second-order valence-corrected chi connectivity index (χ2v) is 9.52. The van der Waals surface area contributed by atoms with Crippen LogP contribution in [0.3, 0.4) is 0 Å². The standard InChI is InChI=1S/C27H31N5O5/c1-16-8-22(37-31-16)14-28-26(34)18-5-3-4-17(9-18)24-11-21(33)15-32(24)27(35)19-6-7-23(25(10-19)36-2)20-12-29-30-13-20/h3-10,20-21,24,29-30,33H,11-15H2,1-2H3,(H,28,34)/t21?,24-/m1/s1. The van der Waals surface area contributed by atoms with Gasteiger partial charge in [0, 0.05) is 42.7 Å². The number of rotatable bonds is 7. The SMILES string of the molecule is COc1cc(C(=O)N2CC(O)C[C@@H]2c2cccc(C(=O)NCc3cc(C)no3)c2)ccc1C1CNNC1. The van der Waals surface area contributed by atoms with E-state index >= 15 is 0 Å². The summed E-state index contributed by atoms with van der Waals surface area (Å²) in [4.78, 5) is 28.0. The van der Waals surface area contributed by atoms with Crippen LogP contribution in [0.2, 0.25) is 0 Å². The number of carbonyl (C=O) groups excluding carboxylic acids is 2. The van der Waals surface area contributed by atoms with Gasteiger partial charge in [0.05, 0.1) is 31.5 Å². The summed E-state index contributed by atoms with van der Waals surface area (Å²) < 4.78 is 10.8. The van der Waals surface area contributed by atoms with Gasteiger partial charge in [0.15, 0.2) is 5.76 Å². The van der Waals surface area contributed by atoms with E-state index in [9.17, 15) is 14.7 Å². The summed E-state index contributed by atoms with van der Waals surface area (Å²) in [6, 6.07) is 14.1. The molecule has 1 unspecified atom stereocenters. The molecule has 2 atom stereocenters. The van der Waals surface area contributed by atoms with E-state index in [1.165, 1.54) is 0 Å². The van der Waals surface area contributed by atoms with Crippen LogP contribution in [0.5, 0.6) is 5.75 Å². The van der Waals surface area contributed by atoms with Crippen molar-refractivity contribution in [3.63, 3.8) is 0 Å². The van der Waals surface area contributed by atoms with E-state index in [4.69, 9.17) is 9.26 Å². The van der Waals surface area contributed by atoms with Gasteiger partial charge in [-0.15, -0.1) is 0 Å². The number of aliphatic hydroxyl groups is 1. The number of ether oxygens (including phenoxy) is 1. The molecule has 0 bridgehead atoms. The van der Waals surface area contributed by atoms with Gasteiger partial charge in [0.25, 0.3) is 11.8 Å². The van der Waals surface area contributed by atoms with Crippen molar-refractivity contribution in [1.82, 2.24) is 26.2 Å². The van der Waals surface area contributed by atoms with Gasteiger partial charge in [-0.1, -0.05) is 23.4 Å². The largest absolute Gasteiger partial charge is 0.496 e. The lowest BCUT2D eigenvalue weighted by Crippen LogP contribution is -2.32. The minimum Gasteiger partial charge on any atom is -0.496 e. The van der Waals surface area contributed by atoms with Gasteiger partial charge < -0.3 is 24.6 Å². The number of hydrazine groups is 1. The molecule has 37 heavy (non-hydrogen) atoms. The quantitative estimate of drug-likeness (QED) is 0.384. The van der Waals surface area contributed by atoms with Crippen LogP contribution in [0.15, 0.2) is 53.1 Å². The van der Waals surface area contributed by atoms with Gasteiger partial charge in [-0.05, 0) is 48.7 Å². The summed E-state index contributed by atoms with van der Waals surface area (Å²) in [5.74, 6) is 1.04. The number of hydrogen-bond acceptors (Lipinski definition) is 8. The molecule has 1 aromatic heterocycles. The van der Waals surface area contributed by atoms with E-state index in [1.54, 1.807) is 42.3 Å². The van der Waals surface area contributed by atoms with E-state index in [1.807, 2.05) is 25.1 Å². The third-order valence-corrected chi connectivity index (χ3v) is 6.92. The monoisotopic (exact) mass is 505 g/mol. The first-order valence-electron chi connectivity index (χ1n) is 12.4. The summed E-state index contributed by atoms with van der Waals surface area (Å²) in [7, 11) is 1.60. The van der Waals surface area contributed by atoms with Gasteiger partial charge in [0.1, 0.15) is 5.75 Å². The Bertz CT molecular complexity index is 1290. The molecule has 2 aliphatic rings. The fourth-order valence-corrected chi connectivity index (χ4v) is 5.04. The number of β-amino-alcohol motifs (C(OH)–C–C–N with tert-alkyl or cyclic N) is 1. The second-order valence-electron chi connectivity index (χ2n) is 9.52. The van der Waals surface area contributed by atoms with Crippen molar-refractivity contribution in [2.45, 2.75) is 38.0 Å². The lowest BCUT2D eigenvalue weighted by atomic mass is 9.97. The fraction of sp³-hybridized carbons (Fsp3) is 0.370. The zero-order valence-electron chi connectivity index (χ0n) is 20.9. The molecule has 2 aromatic carbocycles. The second kappa shape index (κ2) is 10.7. The Balaban J connectivity index is 1.34. The molecule has 10 nitrogen and oxygen atoms in total. The molecule has 10 heteroatoms. The maximum Gasteiger partial charge on any atom is 0.254 e. The highest BCUT2D eigenvalue weighted by atomic mass is 16.5. The highest BCUT2D eigenvalue weighted by Gasteiger charge is 2.36. The van der Waals surface area contributed by atoms with Gasteiger partial charge >= 0.3 is 0 Å². The molecule has 2 fully saturated rings. The molecule has 3 aromatic rings. The minimum atomic E-state index is -0.655. The Hall–Kier alpha value is -3.73. The predicted molar refractivity (Wildman–Crippen MR) is 135 cm³/mol. The van der Waals surface area contributed by atoms with E-state index in [2.05, 4.69) is 21.3 Å². The van der Waals surface area contributed by atoms with Crippen LogP contribution in [-0.4, -0.2) is 59.8 Å². The lowest BCUT2D eigenvalue weighted by molar-refractivity contribution is 0.0715. The van der Waals surface area contributed by atoms with Crippen LogP contribution in [0.4, 0.5) is 0 Å². The van der Waals surface area contributed by atoms with Crippen LogP contribution < -0.4 is 20.9 Å². The normalized spacial score (nSPS) is 19.8. The summed E-state index contributed by atoms with van der Waals surface area (Å²) in [5.41, 5.74) is 9.77. The van der Waals surface area contributed by atoms with E-state index in [0.717, 1.165) is 29.9 Å². The third kappa shape index (κ3) is 5.36.